The van der Waals surface area contributed by atoms with Crippen LogP contribution in [0.2, 0.25) is 0 Å². The topological polar surface area (TPSA) is 116 Å². The second-order valence-electron chi connectivity index (χ2n) is 4.80. The molecule has 0 bridgehead atoms. The number of sulfonamides is 1. The predicted molar refractivity (Wildman–Crippen MR) is 91.2 cm³/mol. The molecule has 132 valence electrons. The van der Waals surface area contributed by atoms with Crippen LogP contribution in [0, 0.1) is 5.82 Å². The molecule has 7 nitrogen and oxygen atoms in total. The molecular weight excluding hydrogens is 419 g/mol. The van der Waals surface area contributed by atoms with Gasteiger partial charge in [0.25, 0.3) is 15.9 Å². The summed E-state index contributed by atoms with van der Waals surface area (Å²) in [5.74, 6) is -2.77. The molecule has 0 saturated heterocycles. The van der Waals surface area contributed by atoms with Gasteiger partial charge in [-0.05, 0) is 36.4 Å². The second kappa shape index (κ2) is 7.19. The first-order valence-electron chi connectivity index (χ1n) is 6.65. The van der Waals surface area contributed by atoms with Gasteiger partial charge in [0.2, 0.25) is 0 Å². The molecule has 10 heteroatoms. The standard InChI is InChI=1S/C15H12BrFN2O5S/c1-24-15(21)11-6-8(16)2-5-13(11)25(22,23)19-9-3-4-12(17)10(7-9)14(18)20/h2-7,19H,1H3,(H2,18,20). The third kappa shape index (κ3) is 4.15. The van der Waals surface area contributed by atoms with Crippen LogP contribution in [-0.2, 0) is 14.8 Å². The van der Waals surface area contributed by atoms with Crippen LogP contribution >= 0.6 is 15.9 Å². The number of nitrogens with two attached hydrogens (primary N) is 1. The van der Waals surface area contributed by atoms with E-state index >= 15 is 0 Å². The molecule has 3 N–H and O–H groups in total. The summed E-state index contributed by atoms with van der Waals surface area (Å²) in [6, 6.07) is 6.92. The van der Waals surface area contributed by atoms with Gasteiger partial charge in [-0.3, -0.25) is 9.52 Å². The number of anilines is 1. The SMILES string of the molecule is COC(=O)c1cc(Br)ccc1S(=O)(=O)Nc1ccc(F)c(C(N)=O)c1. The summed E-state index contributed by atoms with van der Waals surface area (Å²) in [6.45, 7) is 0. The van der Waals surface area contributed by atoms with Crippen molar-refractivity contribution < 1.29 is 27.1 Å². The maximum Gasteiger partial charge on any atom is 0.339 e. The average Bonchev–Trinajstić information content (AvgIpc) is 2.55. The summed E-state index contributed by atoms with van der Waals surface area (Å²) in [6.07, 6.45) is 0. The number of carbonyl (C=O) groups is 2. The number of esters is 1. The number of benzene rings is 2. The van der Waals surface area contributed by atoms with Gasteiger partial charge in [0.1, 0.15) is 10.7 Å². The van der Waals surface area contributed by atoms with Gasteiger partial charge < -0.3 is 10.5 Å². The highest BCUT2D eigenvalue weighted by Crippen LogP contribution is 2.25. The fourth-order valence-electron chi connectivity index (χ4n) is 1.99. The van der Waals surface area contributed by atoms with Crippen LogP contribution in [0.3, 0.4) is 0 Å². The monoisotopic (exact) mass is 430 g/mol. The molecule has 25 heavy (non-hydrogen) atoms. The molecule has 0 aromatic heterocycles. The zero-order valence-corrected chi connectivity index (χ0v) is 15.1. The molecule has 0 saturated carbocycles. The fourth-order valence-corrected chi connectivity index (χ4v) is 3.58. The number of methoxy groups -OCH3 is 1. The van der Waals surface area contributed by atoms with E-state index in [1.165, 1.54) is 18.2 Å². The lowest BCUT2D eigenvalue weighted by atomic mass is 10.2. The minimum Gasteiger partial charge on any atom is -0.465 e. The van der Waals surface area contributed by atoms with Gasteiger partial charge in [0, 0.05) is 10.2 Å². The highest BCUT2D eigenvalue weighted by molar-refractivity contribution is 9.10. The summed E-state index contributed by atoms with van der Waals surface area (Å²) in [5, 5.41) is 0. The molecule has 0 atom stereocenters. The Labute approximate surface area is 151 Å². The molecule has 0 fully saturated rings. The number of amides is 1. The molecule has 1 amide bonds. The van der Waals surface area contributed by atoms with Crippen molar-refractivity contribution in [1.29, 1.82) is 0 Å². The third-order valence-electron chi connectivity index (χ3n) is 3.12. The van der Waals surface area contributed by atoms with Crippen molar-refractivity contribution in [2.75, 3.05) is 11.8 Å². The minimum atomic E-state index is -4.22. The Morgan fingerprint density at radius 3 is 2.44 bits per heavy atom. The zero-order valence-electron chi connectivity index (χ0n) is 12.7. The molecule has 2 aromatic rings. The molecule has 0 spiro atoms. The van der Waals surface area contributed by atoms with E-state index in [-0.39, 0.29) is 16.1 Å². The number of primary amides is 1. The van der Waals surface area contributed by atoms with E-state index in [1.54, 1.807) is 0 Å². The van der Waals surface area contributed by atoms with Crippen molar-refractivity contribution in [3.63, 3.8) is 0 Å². The van der Waals surface area contributed by atoms with Gasteiger partial charge in [-0.1, -0.05) is 15.9 Å². The number of hydrogen-bond donors (Lipinski definition) is 2. The molecule has 2 rings (SSSR count). The van der Waals surface area contributed by atoms with Crippen LogP contribution in [0.4, 0.5) is 10.1 Å². The number of rotatable bonds is 5. The predicted octanol–water partition coefficient (Wildman–Crippen LogP) is 2.27. The van der Waals surface area contributed by atoms with Crippen molar-refractivity contribution in [2.24, 2.45) is 5.73 Å². The fraction of sp³-hybridized carbons (Fsp3) is 0.0667. The molecule has 0 aliphatic carbocycles. The van der Waals surface area contributed by atoms with Gasteiger partial charge in [0.15, 0.2) is 0 Å². The maximum absolute atomic E-state index is 13.5. The van der Waals surface area contributed by atoms with Crippen LogP contribution in [0.25, 0.3) is 0 Å². The lowest BCUT2D eigenvalue weighted by molar-refractivity contribution is 0.0596. The lowest BCUT2D eigenvalue weighted by Gasteiger charge is -2.12. The smallest absolute Gasteiger partial charge is 0.339 e. The van der Waals surface area contributed by atoms with Crippen LogP contribution in [-0.4, -0.2) is 27.4 Å². The van der Waals surface area contributed by atoms with E-state index in [1.807, 2.05) is 0 Å². The van der Waals surface area contributed by atoms with E-state index in [0.29, 0.717) is 4.47 Å². The van der Waals surface area contributed by atoms with Gasteiger partial charge in [-0.25, -0.2) is 17.6 Å². The van der Waals surface area contributed by atoms with Gasteiger partial charge in [-0.2, -0.15) is 0 Å². The number of hydrogen-bond acceptors (Lipinski definition) is 5. The Kier molecular flexibility index (Phi) is 5.43. The summed E-state index contributed by atoms with van der Waals surface area (Å²) < 4.78 is 45.9. The van der Waals surface area contributed by atoms with Crippen LogP contribution in [0.1, 0.15) is 20.7 Å². The number of carbonyl (C=O) groups excluding carboxylic acids is 2. The molecule has 0 radical (unpaired) electrons. The third-order valence-corrected chi connectivity index (χ3v) is 5.05. The van der Waals surface area contributed by atoms with Crippen molar-refractivity contribution in [2.45, 2.75) is 4.90 Å². The molecule has 0 heterocycles. The Bertz CT molecular complexity index is 962. The van der Waals surface area contributed by atoms with Crippen LogP contribution in [0.15, 0.2) is 45.8 Å². The first-order chi connectivity index (χ1) is 11.7. The largest absolute Gasteiger partial charge is 0.465 e. The summed E-state index contributed by atoms with van der Waals surface area (Å²) in [4.78, 5) is 22.7. The van der Waals surface area contributed by atoms with Crippen LogP contribution in [0.5, 0.6) is 0 Å². The highest BCUT2D eigenvalue weighted by atomic mass is 79.9. The first kappa shape index (κ1) is 18.9. The Morgan fingerprint density at radius 1 is 1.16 bits per heavy atom. The van der Waals surface area contributed by atoms with Crippen molar-refractivity contribution in [1.82, 2.24) is 0 Å². The minimum absolute atomic E-state index is 0.0889. The summed E-state index contributed by atoms with van der Waals surface area (Å²) in [7, 11) is -3.10. The lowest BCUT2D eigenvalue weighted by Crippen LogP contribution is -2.19. The Morgan fingerprint density at radius 2 is 1.84 bits per heavy atom. The normalized spacial score (nSPS) is 11.0. The number of halogens is 2. The molecule has 0 unspecified atom stereocenters. The second-order valence-corrected chi connectivity index (χ2v) is 7.36. The number of nitrogens with one attached hydrogen (secondary N) is 1. The quantitative estimate of drug-likeness (QED) is 0.705. The van der Waals surface area contributed by atoms with Crippen LogP contribution < -0.4 is 10.5 Å². The molecular formula is C15H12BrFN2O5S. The molecule has 0 aliphatic rings. The van der Waals surface area contributed by atoms with Gasteiger partial charge >= 0.3 is 5.97 Å². The Balaban J connectivity index is 2.49. The zero-order chi connectivity index (χ0) is 18.8. The number of ether oxygens (including phenoxy) is 1. The van der Waals surface area contributed by atoms with E-state index in [0.717, 1.165) is 25.3 Å². The summed E-state index contributed by atoms with van der Waals surface area (Å²) >= 11 is 3.14. The van der Waals surface area contributed by atoms with E-state index in [2.05, 4.69) is 25.4 Å². The van der Waals surface area contributed by atoms with Gasteiger partial charge in [0.05, 0.1) is 18.2 Å². The molecule has 0 aliphatic heterocycles. The van der Waals surface area contributed by atoms with Crippen molar-refractivity contribution >= 4 is 43.5 Å². The summed E-state index contributed by atoms with van der Waals surface area (Å²) in [5.41, 5.74) is 4.28. The first-order valence-corrected chi connectivity index (χ1v) is 8.93. The maximum atomic E-state index is 13.5. The van der Waals surface area contributed by atoms with Crippen molar-refractivity contribution in [3.8, 4) is 0 Å². The Hall–Kier alpha value is -2.46. The van der Waals surface area contributed by atoms with E-state index in [4.69, 9.17) is 5.73 Å². The highest BCUT2D eigenvalue weighted by Gasteiger charge is 2.24. The van der Waals surface area contributed by atoms with E-state index in [9.17, 15) is 22.4 Å². The van der Waals surface area contributed by atoms with E-state index < -0.39 is 33.3 Å². The molecule has 2 aromatic carbocycles. The van der Waals surface area contributed by atoms with Crippen molar-refractivity contribution in [3.05, 3.63) is 57.8 Å². The average molecular weight is 431 g/mol. The van der Waals surface area contributed by atoms with Gasteiger partial charge in [-0.15, -0.1) is 0 Å².